The molecule has 3 nitrogen and oxygen atoms in total. The minimum absolute atomic E-state index is 0.00158. The molecular formula is C54H43BN2O. The van der Waals surface area contributed by atoms with E-state index in [1.807, 2.05) is 0 Å². The summed E-state index contributed by atoms with van der Waals surface area (Å²) in [4.78, 5) is 5.08. The van der Waals surface area contributed by atoms with Crippen molar-refractivity contribution in [2.24, 2.45) is 0 Å². The maximum absolute atomic E-state index is 7.65. The first-order valence-corrected chi connectivity index (χ1v) is 20.6. The molecular weight excluding hydrogens is 703 g/mol. The van der Waals surface area contributed by atoms with Gasteiger partial charge >= 0.3 is 0 Å². The van der Waals surface area contributed by atoms with Gasteiger partial charge in [-0.2, -0.15) is 0 Å². The number of benzene rings is 7. The second kappa shape index (κ2) is 14.0. The lowest BCUT2D eigenvalue weighted by Gasteiger charge is -2.44. The van der Waals surface area contributed by atoms with Gasteiger partial charge in [0.05, 0.1) is 17.3 Å². The number of hydrogen-bond acceptors (Lipinski definition) is 3. The number of ether oxygens (including phenoxy) is 1. The topological polar surface area (TPSA) is 15.7 Å². The molecule has 7 aromatic carbocycles. The molecule has 7 aromatic rings. The zero-order chi connectivity index (χ0) is 38.7. The molecule has 11 rings (SSSR count). The molecule has 0 saturated heterocycles. The van der Waals surface area contributed by atoms with Gasteiger partial charge in [0.2, 0.25) is 0 Å². The van der Waals surface area contributed by atoms with Crippen molar-refractivity contribution in [2.45, 2.75) is 38.7 Å². The Labute approximate surface area is 342 Å². The average Bonchev–Trinajstić information content (AvgIpc) is 3.69. The molecule has 3 heterocycles. The fourth-order valence-electron chi connectivity index (χ4n) is 9.83. The molecule has 2 unspecified atom stereocenters. The molecule has 0 bridgehead atoms. The highest BCUT2D eigenvalue weighted by molar-refractivity contribution is 6.94. The van der Waals surface area contributed by atoms with E-state index in [4.69, 9.17) is 4.74 Å². The van der Waals surface area contributed by atoms with Crippen LogP contribution in [0.4, 0.5) is 28.4 Å². The van der Waals surface area contributed by atoms with E-state index in [-0.39, 0.29) is 18.7 Å². The third-order valence-corrected chi connectivity index (χ3v) is 12.5. The monoisotopic (exact) mass is 746 g/mol. The molecule has 2 atom stereocenters. The van der Waals surface area contributed by atoms with E-state index in [1.54, 1.807) is 0 Å². The SMILES string of the molecule is Cc1ccc(C)c(N2C3=C(OC(C4=CC=CCC4)C3c3ccccc3)B3c4ccc(-c5ccccc5)cc4N(c4cccc(-c5ccccc5)c4)c4cccc2c43)c1. The number of hydrogen-bond donors (Lipinski definition) is 0. The van der Waals surface area contributed by atoms with Crippen molar-refractivity contribution in [3.63, 3.8) is 0 Å². The quantitative estimate of drug-likeness (QED) is 0.158. The van der Waals surface area contributed by atoms with E-state index in [0.29, 0.717) is 0 Å². The molecule has 3 aliphatic heterocycles. The molecule has 0 radical (unpaired) electrons. The standard InChI is InChI=1S/C54H43BN2O/c1-36-29-30-37(2)48(33-36)57-47-28-16-27-46-51(47)55(54-52(57)50(40-21-11-5-12-22-40)53(58-54)41-23-13-6-14-24-41)45-32-31-43(39-19-9-4-10-20-39)35-49(45)56(46)44-26-15-25-42(34-44)38-17-7-3-8-18-38/h3-13,15-23,25-35,50,53H,14,24H2,1-2H3. The summed E-state index contributed by atoms with van der Waals surface area (Å²) in [7, 11) is 0. The van der Waals surface area contributed by atoms with Crippen molar-refractivity contribution < 1.29 is 4.74 Å². The summed E-state index contributed by atoms with van der Waals surface area (Å²) >= 11 is 0. The number of nitrogens with zero attached hydrogens (tertiary/aromatic N) is 2. The van der Waals surface area contributed by atoms with E-state index < -0.39 is 0 Å². The van der Waals surface area contributed by atoms with Crippen molar-refractivity contribution >= 4 is 46.1 Å². The summed E-state index contributed by atoms with van der Waals surface area (Å²) in [5, 5.41) is 0. The largest absolute Gasteiger partial charge is 0.497 e. The average molecular weight is 747 g/mol. The Kier molecular flexibility index (Phi) is 8.32. The Bertz CT molecular complexity index is 2810. The Morgan fingerprint density at radius 2 is 1.24 bits per heavy atom. The van der Waals surface area contributed by atoms with Gasteiger partial charge in [-0.1, -0.05) is 152 Å². The van der Waals surface area contributed by atoms with Gasteiger partial charge in [0.1, 0.15) is 6.10 Å². The van der Waals surface area contributed by atoms with Gasteiger partial charge in [0, 0.05) is 28.4 Å². The lowest BCUT2D eigenvalue weighted by molar-refractivity contribution is 0.174. The fourth-order valence-corrected chi connectivity index (χ4v) is 9.83. The third kappa shape index (κ3) is 5.58. The number of fused-ring (bicyclic) bond motifs is 3. The number of aryl methyl sites for hydroxylation is 2. The van der Waals surface area contributed by atoms with Gasteiger partial charge in [-0.3, -0.25) is 0 Å². The van der Waals surface area contributed by atoms with Gasteiger partial charge < -0.3 is 14.5 Å². The van der Waals surface area contributed by atoms with Crippen molar-refractivity contribution in [3.8, 4) is 22.3 Å². The zero-order valence-electron chi connectivity index (χ0n) is 32.8. The van der Waals surface area contributed by atoms with Gasteiger partial charge in [-0.05, 0) is 119 Å². The minimum Gasteiger partial charge on any atom is -0.497 e. The predicted molar refractivity (Wildman–Crippen MR) is 243 cm³/mol. The van der Waals surface area contributed by atoms with Crippen LogP contribution in [0.1, 0.15) is 35.4 Å². The van der Waals surface area contributed by atoms with Crippen molar-refractivity contribution in [3.05, 3.63) is 222 Å². The van der Waals surface area contributed by atoms with Crippen LogP contribution in [0.5, 0.6) is 0 Å². The van der Waals surface area contributed by atoms with Gasteiger partial charge in [0.25, 0.3) is 6.71 Å². The Morgan fingerprint density at radius 3 is 1.97 bits per heavy atom. The Hall–Kier alpha value is -6.78. The Balaban J connectivity index is 1.21. The third-order valence-electron chi connectivity index (χ3n) is 12.5. The predicted octanol–water partition coefficient (Wildman–Crippen LogP) is 12.4. The zero-order valence-corrected chi connectivity index (χ0v) is 32.8. The van der Waals surface area contributed by atoms with E-state index in [0.717, 1.165) is 24.2 Å². The molecule has 0 fully saturated rings. The van der Waals surface area contributed by atoms with Crippen LogP contribution in [-0.2, 0) is 4.74 Å². The lowest BCUT2D eigenvalue weighted by Crippen LogP contribution is -2.56. The minimum atomic E-state index is -0.129. The first-order valence-electron chi connectivity index (χ1n) is 20.6. The van der Waals surface area contributed by atoms with Gasteiger partial charge in [-0.25, -0.2) is 0 Å². The first-order chi connectivity index (χ1) is 28.6. The number of rotatable bonds is 6. The second-order valence-corrected chi connectivity index (χ2v) is 16.0. The molecule has 0 N–H and O–H groups in total. The number of allylic oxidation sites excluding steroid dienone is 3. The van der Waals surface area contributed by atoms with E-state index in [2.05, 4.69) is 212 Å². The maximum Gasteiger partial charge on any atom is 0.296 e. The smallest absolute Gasteiger partial charge is 0.296 e. The van der Waals surface area contributed by atoms with Crippen LogP contribution in [0.3, 0.4) is 0 Å². The van der Waals surface area contributed by atoms with Gasteiger partial charge in [0.15, 0.2) is 0 Å². The number of anilines is 5. The lowest BCUT2D eigenvalue weighted by atomic mass is 9.35. The summed E-state index contributed by atoms with van der Waals surface area (Å²) in [5.74, 6) is -0.00158. The maximum atomic E-state index is 7.65. The molecule has 0 spiro atoms. The van der Waals surface area contributed by atoms with Crippen molar-refractivity contribution in [1.29, 1.82) is 0 Å². The summed E-state index contributed by atoms with van der Waals surface area (Å²) in [5.41, 5.74) is 20.6. The second-order valence-electron chi connectivity index (χ2n) is 16.0. The van der Waals surface area contributed by atoms with Crippen LogP contribution in [0.25, 0.3) is 22.3 Å². The highest BCUT2D eigenvalue weighted by atomic mass is 16.5. The van der Waals surface area contributed by atoms with Crippen molar-refractivity contribution in [2.75, 3.05) is 9.80 Å². The van der Waals surface area contributed by atoms with Crippen LogP contribution in [0.15, 0.2) is 205 Å². The molecule has 0 saturated carbocycles. The summed E-state index contributed by atoms with van der Waals surface area (Å²) in [6.07, 6.45) is 8.69. The molecule has 0 amide bonds. The van der Waals surface area contributed by atoms with Crippen LogP contribution in [0.2, 0.25) is 0 Å². The van der Waals surface area contributed by atoms with Crippen LogP contribution in [0, 0.1) is 13.8 Å². The molecule has 58 heavy (non-hydrogen) atoms. The van der Waals surface area contributed by atoms with Crippen LogP contribution >= 0.6 is 0 Å². The molecule has 1 aliphatic carbocycles. The van der Waals surface area contributed by atoms with E-state index >= 15 is 0 Å². The fraction of sp³-hybridized carbons (Fsp3) is 0.111. The molecule has 4 heteroatoms. The highest BCUT2D eigenvalue weighted by Gasteiger charge is 2.53. The Morgan fingerprint density at radius 1 is 0.569 bits per heavy atom. The van der Waals surface area contributed by atoms with Crippen LogP contribution < -0.4 is 20.7 Å². The summed E-state index contributed by atoms with van der Waals surface area (Å²) in [6, 6.07) is 62.5. The summed E-state index contributed by atoms with van der Waals surface area (Å²) < 4.78 is 7.65. The molecule has 278 valence electrons. The van der Waals surface area contributed by atoms with E-state index in [9.17, 15) is 0 Å². The van der Waals surface area contributed by atoms with Gasteiger partial charge in [-0.15, -0.1) is 0 Å². The highest BCUT2D eigenvalue weighted by Crippen LogP contribution is 2.54. The van der Waals surface area contributed by atoms with E-state index in [1.165, 1.54) is 83.9 Å². The summed E-state index contributed by atoms with van der Waals surface area (Å²) in [6.45, 7) is 4.35. The first kappa shape index (κ1) is 34.5. The van der Waals surface area contributed by atoms with Crippen molar-refractivity contribution in [1.82, 2.24) is 0 Å². The molecule has 0 aromatic heterocycles. The normalized spacial score (nSPS) is 17.7. The van der Waals surface area contributed by atoms with Crippen LogP contribution in [-0.4, -0.2) is 12.8 Å². The molecule has 4 aliphatic rings.